The van der Waals surface area contributed by atoms with E-state index in [4.69, 9.17) is 23.2 Å². The van der Waals surface area contributed by atoms with E-state index >= 15 is 0 Å². The number of rotatable bonds is 3. The molecule has 92 valence electrons. The number of carbonyl (C=O) groups is 1. The molecule has 1 heterocycles. The molecule has 0 bridgehead atoms. The highest BCUT2D eigenvalue weighted by atomic mass is 35.5. The molecular formula is C12H14Cl2N2O. The van der Waals surface area contributed by atoms with Crippen molar-refractivity contribution in [1.29, 1.82) is 0 Å². The Labute approximate surface area is 111 Å². The average molecular weight is 273 g/mol. The standard InChI is InChI=1S/C12H14Cl2N2O/c13-6-8-2-1-3-11(8)16-12(17)9-4-5-15-7-10(9)14/h4-5,7-8,11H,1-3,6H2,(H,16,17). The zero-order valence-corrected chi connectivity index (χ0v) is 10.8. The van der Waals surface area contributed by atoms with Gasteiger partial charge in [-0.1, -0.05) is 18.0 Å². The van der Waals surface area contributed by atoms with Gasteiger partial charge >= 0.3 is 0 Å². The third-order valence-corrected chi connectivity index (χ3v) is 3.89. The predicted octanol–water partition coefficient (Wildman–Crippen LogP) is 2.87. The quantitative estimate of drug-likeness (QED) is 0.860. The Morgan fingerprint density at radius 1 is 1.53 bits per heavy atom. The summed E-state index contributed by atoms with van der Waals surface area (Å²) < 4.78 is 0. The lowest BCUT2D eigenvalue weighted by molar-refractivity contribution is 0.0930. The molecule has 0 spiro atoms. The Morgan fingerprint density at radius 3 is 3.06 bits per heavy atom. The molecule has 1 aliphatic rings. The van der Waals surface area contributed by atoms with Crippen LogP contribution in [0.5, 0.6) is 0 Å². The molecule has 0 radical (unpaired) electrons. The van der Waals surface area contributed by atoms with E-state index < -0.39 is 0 Å². The first-order valence-electron chi connectivity index (χ1n) is 5.68. The van der Waals surface area contributed by atoms with Crippen LogP contribution < -0.4 is 5.32 Å². The summed E-state index contributed by atoms with van der Waals surface area (Å²) >= 11 is 11.8. The number of alkyl halides is 1. The summed E-state index contributed by atoms with van der Waals surface area (Å²) in [5, 5.41) is 3.38. The second-order valence-corrected chi connectivity index (χ2v) is 5.00. The molecule has 1 aromatic rings. The summed E-state index contributed by atoms with van der Waals surface area (Å²) in [6.45, 7) is 0. The van der Waals surface area contributed by atoms with Gasteiger partial charge in [0, 0.05) is 24.3 Å². The smallest absolute Gasteiger partial charge is 0.253 e. The number of pyridine rings is 1. The number of hydrogen-bond donors (Lipinski definition) is 1. The van der Waals surface area contributed by atoms with Gasteiger partial charge < -0.3 is 5.32 Å². The Balaban J connectivity index is 2.04. The van der Waals surface area contributed by atoms with Crippen molar-refractivity contribution in [2.75, 3.05) is 5.88 Å². The van der Waals surface area contributed by atoms with Crippen LogP contribution in [-0.2, 0) is 0 Å². The van der Waals surface area contributed by atoms with Crippen LogP contribution >= 0.6 is 23.2 Å². The lowest BCUT2D eigenvalue weighted by atomic mass is 10.1. The highest BCUT2D eigenvalue weighted by Crippen LogP contribution is 2.27. The Kier molecular flexibility index (Phi) is 4.24. The summed E-state index contributed by atoms with van der Waals surface area (Å²) in [4.78, 5) is 15.9. The fourth-order valence-corrected chi connectivity index (χ4v) is 2.79. The second kappa shape index (κ2) is 5.69. The molecule has 2 rings (SSSR count). The van der Waals surface area contributed by atoms with Crippen molar-refractivity contribution in [1.82, 2.24) is 10.3 Å². The first kappa shape index (κ1) is 12.7. The number of hydrogen-bond acceptors (Lipinski definition) is 2. The molecule has 1 amide bonds. The highest BCUT2D eigenvalue weighted by Gasteiger charge is 2.28. The van der Waals surface area contributed by atoms with Gasteiger partial charge in [0.1, 0.15) is 0 Å². The SMILES string of the molecule is O=C(NC1CCCC1CCl)c1ccncc1Cl. The van der Waals surface area contributed by atoms with Crippen molar-refractivity contribution >= 4 is 29.1 Å². The molecule has 1 aliphatic carbocycles. The van der Waals surface area contributed by atoms with E-state index in [0.717, 1.165) is 19.3 Å². The minimum absolute atomic E-state index is 0.139. The number of halogens is 2. The maximum Gasteiger partial charge on any atom is 0.253 e. The fraction of sp³-hybridized carbons (Fsp3) is 0.500. The van der Waals surface area contributed by atoms with Gasteiger partial charge in [-0.3, -0.25) is 9.78 Å². The summed E-state index contributed by atoms with van der Waals surface area (Å²) in [6.07, 6.45) is 6.23. The number of nitrogens with one attached hydrogen (secondary N) is 1. The van der Waals surface area contributed by atoms with Crippen LogP contribution in [0, 0.1) is 5.92 Å². The van der Waals surface area contributed by atoms with E-state index in [1.165, 1.54) is 6.20 Å². The van der Waals surface area contributed by atoms with Gasteiger partial charge in [0.2, 0.25) is 0 Å². The first-order valence-corrected chi connectivity index (χ1v) is 6.60. The number of aromatic nitrogens is 1. The summed E-state index contributed by atoms with van der Waals surface area (Å²) in [5.74, 6) is 0.829. The van der Waals surface area contributed by atoms with Gasteiger partial charge in [-0.15, -0.1) is 11.6 Å². The van der Waals surface area contributed by atoms with Crippen molar-refractivity contribution in [3.05, 3.63) is 29.0 Å². The zero-order chi connectivity index (χ0) is 12.3. The van der Waals surface area contributed by atoms with Crippen molar-refractivity contribution in [2.45, 2.75) is 25.3 Å². The van der Waals surface area contributed by atoms with Crippen molar-refractivity contribution < 1.29 is 4.79 Å². The Bertz CT molecular complexity index is 411. The number of amides is 1. The highest BCUT2D eigenvalue weighted by molar-refractivity contribution is 6.33. The van der Waals surface area contributed by atoms with E-state index in [-0.39, 0.29) is 11.9 Å². The molecule has 3 nitrogen and oxygen atoms in total. The van der Waals surface area contributed by atoms with E-state index in [1.807, 2.05) is 0 Å². The van der Waals surface area contributed by atoms with Crippen molar-refractivity contribution in [3.8, 4) is 0 Å². The maximum atomic E-state index is 12.0. The fourth-order valence-electron chi connectivity index (χ4n) is 2.22. The second-order valence-electron chi connectivity index (χ2n) is 4.28. The van der Waals surface area contributed by atoms with Gasteiger partial charge in [0.25, 0.3) is 5.91 Å². The van der Waals surface area contributed by atoms with Crippen LogP contribution in [-0.4, -0.2) is 22.8 Å². The molecule has 2 unspecified atom stereocenters. The van der Waals surface area contributed by atoms with Crippen LogP contribution in [0.2, 0.25) is 5.02 Å². The average Bonchev–Trinajstić information content (AvgIpc) is 2.76. The van der Waals surface area contributed by atoms with Crippen LogP contribution in [0.4, 0.5) is 0 Å². The minimum atomic E-state index is -0.139. The van der Waals surface area contributed by atoms with E-state index in [0.29, 0.717) is 22.4 Å². The normalized spacial score (nSPS) is 23.6. The molecule has 1 aromatic heterocycles. The molecular weight excluding hydrogens is 259 g/mol. The van der Waals surface area contributed by atoms with Crippen molar-refractivity contribution in [2.24, 2.45) is 5.92 Å². The summed E-state index contributed by atoms with van der Waals surface area (Å²) in [7, 11) is 0. The van der Waals surface area contributed by atoms with Gasteiger partial charge in [0.05, 0.1) is 10.6 Å². The van der Waals surface area contributed by atoms with Gasteiger partial charge in [-0.2, -0.15) is 0 Å². The van der Waals surface area contributed by atoms with Gasteiger partial charge in [-0.25, -0.2) is 0 Å². The largest absolute Gasteiger partial charge is 0.349 e. The Hall–Kier alpha value is -0.800. The van der Waals surface area contributed by atoms with Crippen LogP contribution in [0.25, 0.3) is 0 Å². The minimum Gasteiger partial charge on any atom is -0.349 e. The molecule has 0 aliphatic heterocycles. The first-order chi connectivity index (χ1) is 8.22. The van der Waals surface area contributed by atoms with Crippen LogP contribution in [0.15, 0.2) is 18.5 Å². The molecule has 2 atom stereocenters. The maximum absolute atomic E-state index is 12.0. The molecule has 1 saturated carbocycles. The summed E-state index contributed by atoms with van der Waals surface area (Å²) in [6, 6.07) is 1.80. The predicted molar refractivity (Wildman–Crippen MR) is 68.6 cm³/mol. The van der Waals surface area contributed by atoms with Crippen LogP contribution in [0.1, 0.15) is 29.6 Å². The Morgan fingerprint density at radius 2 is 2.35 bits per heavy atom. The lowest BCUT2D eigenvalue weighted by Crippen LogP contribution is -2.38. The zero-order valence-electron chi connectivity index (χ0n) is 9.33. The molecule has 0 aromatic carbocycles. The van der Waals surface area contributed by atoms with Gasteiger partial charge in [-0.05, 0) is 24.8 Å². The number of carbonyl (C=O) groups excluding carboxylic acids is 1. The number of nitrogens with zero attached hydrogens (tertiary/aromatic N) is 1. The third kappa shape index (κ3) is 2.90. The molecule has 5 heteroatoms. The molecule has 0 saturated heterocycles. The molecule has 17 heavy (non-hydrogen) atoms. The summed E-state index contributed by atoms with van der Waals surface area (Å²) in [5.41, 5.74) is 0.474. The monoisotopic (exact) mass is 272 g/mol. The molecule has 1 N–H and O–H groups in total. The lowest BCUT2D eigenvalue weighted by Gasteiger charge is -2.19. The van der Waals surface area contributed by atoms with E-state index in [2.05, 4.69) is 10.3 Å². The topological polar surface area (TPSA) is 42.0 Å². The van der Waals surface area contributed by atoms with Crippen LogP contribution in [0.3, 0.4) is 0 Å². The van der Waals surface area contributed by atoms with E-state index in [9.17, 15) is 4.79 Å². The third-order valence-electron chi connectivity index (χ3n) is 3.19. The van der Waals surface area contributed by atoms with Crippen molar-refractivity contribution in [3.63, 3.8) is 0 Å². The van der Waals surface area contributed by atoms with E-state index in [1.54, 1.807) is 12.3 Å². The van der Waals surface area contributed by atoms with Gasteiger partial charge in [0.15, 0.2) is 0 Å². The molecule has 1 fully saturated rings.